The van der Waals surface area contributed by atoms with Crippen LogP contribution in [0, 0.1) is 5.41 Å². The lowest BCUT2D eigenvalue weighted by atomic mass is 9.83. The summed E-state index contributed by atoms with van der Waals surface area (Å²) in [6, 6.07) is 0. The molecule has 0 bridgehead atoms. The van der Waals surface area contributed by atoms with Crippen molar-refractivity contribution >= 4 is 0 Å². The molecule has 0 atom stereocenters. The lowest BCUT2D eigenvalue weighted by Gasteiger charge is -2.23. The minimum atomic E-state index is 0.402. The number of hydrogen-bond acceptors (Lipinski definition) is 0. The second kappa shape index (κ2) is 3.25. The van der Waals surface area contributed by atoms with Crippen molar-refractivity contribution in [1.82, 2.24) is 0 Å². The molecule has 0 radical (unpaired) electrons. The van der Waals surface area contributed by atoms with Crippen molar-refractivity contribution in [1.29, 1.82) is 0 Å². The molecule has 1 aliphatic carbocycles. The van der Waals surface area contributed by atoms with Crippen LogP contribution < -0.4 is 0 Å². The molecule has 0 spiro atoms. The van der Waals surface area contributed by atoms with Gasteiger partial charge in [-0.25, -0.2) is 0 Å². The third kappa shape index (κ3) is 2.53. The van der Waals surface area contributed by atoms with Crippen LogP contribution in [0.2, 0.25) is 0 Å². The zero-order valence-electron chi connectivity index (χ0n) is 7.85. The topological polar surface area (TPSA) is 0 Å². The van der Waals surface area contributed by atoms with E-state index >= 15 is 0 Å². The lowest BCUT2D eigenvalue weighted by molar-refractivity contribution is 0.478. The van der Waals surface area contributed by atoms with Crippen molar-refractivity contribution in [3.63, 3.8) is 0 Å². The van der Waals surface area contributed by atoms with Crippen LogP contribution in [0.25, 0.3) is 0 Å². The Kier molecular flexibility index (Phi) is 2.53. The summed E-state index contributed by atoms with van der Waals surface area (Å²) in [7, 11) is 0. The van der Waals surface area contributed by atoms with E-state index in [0.29, 0.717) is 5.41 Å². The highest BCUT2D eigenvalue weighted by atomic mass is 14.2. The molecule has 0 heterocycles. The van der Waals surface area contributed by atoms with Crippen molar-refractivity contribution in [2.45, 2.75) is 40.0 Å². The second-order valence-electron chi connectivity index (χ2n) is 4.06. The van der Waals surface area contributed by atoms with Gasteiger partial charge in [0.2, 0.25) is 0 Å². The summed E-state index contributed by atoms with van der Waals surface area (Å²) in [6.45, 7) is 6.83. The molecule has 0 aromatic heterocycles. The highest BCUT2D eigenvalue weighted by Crippen LogP contribution is 2.30. The maximum Gasteiger partial charge on any atom is -0.0134 e. The Hall–Kier alpha value is -0.520. The van der Waals surface area contributed by atoms with Gasteiger partial charge in [-0.2, -0.15) is 0 Å². The van der Waals surface area contributed by atoms with Gasteiger partial charge in [-0.1, -0.05) is 51.0 Å². The number of allylic oxidation sites excluding steroid dienone is 4. The summed E-state index contributed by atoms with van der Waals surface area (Å²) in [6.07, 6.45) is 10.7. The first-order chi connectivity index (χ1) is 5.14. The van der Waals surface area contributed by atoms with Crippen molar-refractivity contribution in [2.24, 2.45) is 5.41 Å². The minimum Gasteiger partial charge on any atom is -0.0834 e. The van der Waals surface area contributed by atoms with E-state index in [0.717, 1.165) is 0 Å². The Labute approximate surface area is 70.0 Å². The van der Waals surface area contributed by atoms with Gasteiger partial charge in [-0.3, -0.25) is 0 Å². The van der Waals surface area contributed by atoms with Crippen LogP contribution >= 0.6 is 0 Å². The van der Waals surface area contributed by atoms with Gasteiger partial charge in [0.15, 0.2) is 0 Å². The van der Waals surface area contributed by atoms with Crippen LogP contribution in [-0.2, 0) is 0 Å². The van der Waals surface area contributed by atoms with E-state index in [-0.39, 0.29) is 0 Å². The summed E-state index contributed by atoms with van der Waals surface area (Å²) in [5.41, 5.74) is 1.92. The molecule has 0 amide bonds. The van der Waals surface area contributed by atoms with Crippen LogP contribution in [0.15, 0.2) is 23.8 Å². The van der Waals surface area contributed by atoms with Crippen LogP contribution in [-0.4, -0.2) is 0 Å². The van der Waals surface area contributed by atoms with Crippen molar-refractivity contribution in [3.05, 3.63) is 23.8 Å². The predicted octanol–water partition coefficient (Wildman–Crippen LogP) is 3.70. The first-order valence-electron chi connectivity index (χ1n) is 4.52. The van der Waals surface area contributed by atoms with Gasteiger partial charge in [0, 0.05) is 0 Å². The summed E-state index contributed by atoms with van der Waals surface area (Å²) in [5.74, 6) is 0. The SMILES string of the molecule is CCCC1=CC(C)(C)CC=C1. The van der Waals surface area contributed by atoms with Crippen LogP contribution in [0.3, 0.4) is 0 Å². The fourth-order valence-electron chi connectivity index (χ4n) is 1.57. The van der Waals surface area contributed by atoms with Crippen LogP contribution in [0.4, 0.5) is 0 Å². The lowest BCUT2D eigenvalue weighted by Crippen LogP contribution is -2.09. The highest BCUT2D eigenvalue weighted by molar-refractivity contribution is 5.25. The van der Waals surface area contributed by atoms with E-state index in [4.69, 9.17) is 0 Å². The fraction of sp³-hybridized carbons (Fsp3) is 0.636. The first-order valence-corrected chi connectivity index (χ1v) is 4.52. The quantitative estimate of drug-likeness (QED) is 0.563. The molecular formula is C11H18. The summed E-state index contributed by atoms with van der Waals surface area (Å²) >= 11 is 0. The monoisotopic (exact) mass is 150 g/mol. The molecule has 62 valence electrons. The van der Waals surface area contributed by atoms with Crippen molar-refractivity contribution < 1.29 is 0 Å². The molecule has 0 saturated heterocycles. The second-order valence-corrected chi connectivity index (χ2v) is 4.06. The van der Waals surface area contributed by atoms with Crippen LogP contribution in [0.1, 0.15) is 40.0 Å². The Morgan fingerprint density at radius 1 is 1.45 bits per heavy atom. The van der Waals surface area contributed by atoms with Gasteiger partial charge in [-0.15, -0.1) is 0 Å². The van der Waals surface area contributed by atoms with E-state index in [2.05, 4.69) is 39.0 Å². The summed E-state index contributed by atoms with van der Waals surface area (Å²) < 4.78 is 0. The molecule has 1 rings (SSSR count). The average Bonchev–Trinajstić information content (AvgIpc) is 1.85. The van der Waals surface area contributed by atoms with Crippen molar-refractivity contribution in [3.8, 4) is 0 Å². The summed E-state index contributed by atoms with van der Waals surface area (Å²) in [5, 5.41) is 0. The Morgan fingerprint density at radius 2 is 2.18 bits per heavy atom. The van der Waals surface area contributed by atoms with Gasteiger partial charge in [-0.05, 0) is 18.3 Å². The van der Waals surface area contributed by atoms with Crippen molar-refractivity contribution in [2.75, 3.05) is 0 Å². The maximum absolute atomic E-state index is 2.41. The summed E-state index contributed by atoms with van der Waals surface area (Å²) in [4.78, 5) is 0. The zero-order chi connectivity index (χ0) is 8.32. The van der Waals surface area contributed by atoms with Gasteiger partial charge >= 0.3 is 0 Å². The molecule has 0 N–H and O–H groups in total. The molecule has 0 fully saturated rings. The van der Waals surface area contributed by atoms with Gasteiger partial charge in [0.25, 0.3) is 0 Å². The smallest absolute Gasteiger partial charge is 0.0134 e. The van der Waals surface area contributed by atoms with E-state index in [9.17, 15) is 0 Å². The molecule has 0 nitrogen and oxygen atoms in total. The van der Waals surface area contributed by atoms with E-state index in [1.165, 1.54) is 24.8 Å². The zero-order valence-corrected chi connectivity index (χ0v) is 7.85. The molecule has 0 saturated carbocycles. The molecule has 0 aromatic carbocycles. The Balaban J connectivity index is 2.64. The fourth-order valence-corrected chi connectivity index (χ4v) is 1.57. The standard InChI is InChI=1S/C11H18/c1-4-6-10-7-5-8-11(2,3)9-10/h5,7,9H,4,6,8H2,1-3H3. The van der Waals surface area contributed by atoms with Gasteiger partial charge in [0.1, 0.15) is 0 Å². The largest absolute Gasteiger partial charge is 0.0834 e. The molecule has 0 aliphatic heterocycles. The average molecular weight is 150 g/mol. The van der Waals surface area contributed by atoms with Gasteiger partial charge < -0.3 is 0 Å². The highest BCUT2D eigenvalue weighted by Gasteiger charge is 2.15. The third-order valence-electron chi connectivity index (χ3n) is 2.09. The van der Waals surface area contributed by atoms with Gasteiger partial charge in [0.05, 0.1) is 0 Å². The van der Waals surface area contributed by atoms with E-state index < -0.39 is 0 Å². The molecule has 0 aromatic rings. The molecular weight excluding hydrogens is 132 g/mol. The molecule has 1 aliphatic rings. The normalized spacial score (nSPS) is 21.5. The van der Waals surface area contributed by atoms with Crippen LogP contribution in [0.5, 0.6) is 0 Å². The first kappa shape index (κ1) is 8.58. The molecule has 0 heteroatoms. The molecule has 0 unspecified atom stereocenters. The number of rotatable bonds is 2. The third-order valence-corrected chi connectivity index (χ3v) is 2.09. The van der Waals surface area contributed by atoms with E-state index in [1.54, 1.807) is 0 Å². The Bertz CT molecular complexity index is 182. The molecule has 11 heavy (non-hydrogen) atoms. The minimum absolute atomic E-state index is 0.402. The predicted molar refractivity (Wildman–Crippen MR) is 50.5 cm³/mol. The number of hydrogen-bond donors (Lipinski definition) is 0. The van der Waals surface area contributed by atoms with E-state index in [1.807, 2.05) is 0 Å². The Morgan fingerprint density at radius 3 is 2.73 bits per heavy atom. The maximum atomic E-state index is 2.41.